The van der Waals surface area contributed by atoms with Crippen molar-refractivity contribution < 1.29 is 18.0 Å². The SMILES string of the molecule is C[N+]1(CC(c2ccccn2)[S](=O)(O)c2ccccc2)CCOCC1. The van der Waals surface area contributed by atoms with Crippen molar-refractivity contribution >= 4 is 10.2 Å². The average Bonchev–Trinajstić information content (AvgIpc) is 2.62. The molecule has 1 aromatic carbocycles. The number of likely N-dealkylation sites (N-methyl/N-ethyl adjacent to an activating group) is 1. The van der Waals surface area contributed by atoms with Crippen LogP contribution in [-0.4, -0.2) is 58.1 Å². The zero-order valence-corrected chi connectivity index (χ0v) is 14.7. The van der Waals surface area contributed by atoms with E-state index in [1.807, 2.05) is 24.3 Å². The third-order valence-corrected chi connectivity index (χ3v) is 6.75. The van der Waals surface area contributed by atoms with E-state index in [4.69, 9.17) is 4.74 Å². The smallest absolute Gasteiger partial charge is 0.142 e. The molecule has 5 nitrogen and oxygen atoms in total. The maximum absolute atomic E-state index is 13.4. The molecule has 1 aliphatic heterocycles. The first kappa shape index (κ1) is 17.2. The van der Waals surface area contributed by atoms with Crippen LogP contribution in [0.25, 0.3) is 0 Å². The monoisotopic (exact) mass is 348 g/mol. The Labute approximate surface area is 144 Å². The fraction of sp³-hybridized carbons (Fsp3) is 0.389. The Balaban J connectivity index is 1.98. The Bertz CT molecular complexity index is 703. The summed E-state index contributed by atoms with van der Waals surface area (Å²) < 4.78 is 30.5. The third-order valence-electron chi connectivity index (χ3n) is 4.64. The first-order valence-corrected chi connectivity index (χ1v) is 9.72. The molecule has 1 radical (unpaired) electrons. The van der Waals surface area contributed by atoms with Crippen LogP contribution >= 0.6 is 0 Å². The van der Waals surface area contributed by atoms with Gasteiger partial charge < -0.3 is 13.8 Å². The lowest BCUT2D eigenvalue weighted by Gasteiger charge is -2.41. The fourth-order valence-corrected chi connectivity index (χ4v) is 4.98. The second-order valence-corrected chi connectivity index (χ2v) is 8.66. The number of quaternary nitrogens is 1. The van der Waals surface area contributed by atoms with Crippen LogP contribution in [0.1, 0.15) is 10.9 Å². The quantitative estimate of drug-likeness (QED) is 0.843. The molecule has 2 unspecified atom stereocenters. The molecule has 0 bridgehead atoms. The van der Waals surface area contributed by atoms with Crippen LogP contribution in [-0.2, 0) is 15.0 Å². The van der Waals surface area contributed by atoms with Crippen molar-refractivity contribution in [3.05, 3.63) is 60.4 Å². The Kier molecular flexibility index (Phi) is 5.10. The highest BCUT2D eigenvalue weighted by molar-refractivity contribution is 7.98. The molecule has 2 heterocycles. The summed E-state index contributed by atoms with van der Waals surface area (Å²) in [6.45, 7) is 3.61. The summed E-state index contributed by atoms with van der Waals surface area (Å²) in [5.74, 6) is 0. The van der Waals surface area contributed by atoms with Crippen molar-refractivity contribution in [1.29, 1.82) is 0 Å². The molecule has 0 aliphatic carbocycles. The molecule has 1 fully saturated rings. The Morgan fingerprint density at radius 3 is 2.46 bits per heavy atom. The van der Waals surface area contributed by atoms with Crippen LogP contribution in [0.3, 0.4) is 0 Å². The zero-order valence-electron chi connectivity index (χ0n) is 13.9. The number of hydrogen-bond donors (Lipinski definition) is 1. The molecule has 2 aromatic rings. The topological polar surface area (TPSA) is 59.4 Å². The molecule has 24 heavy (non-hydrogen) atoms. The predicted molar refractivity (Wildman–Crippen MR) is 94.1 cm³/mol. The van der Waals surface area contributed by atoms with Gasteiger partial charge in [0.05, 0.1) is 30.9 Å². The van der Waals surface area contributed by atoms with Crippen LogP contribution in [0.5, 0.6) is 0 Å². The predicted octanol–water partition coefficient (Wildman–Crippen LogP) is 2.42. The van der Waals surface area contributed by atoms with E-state index in [1.165, 1.54) is 0 Å². The summed E-state index contributed by atoms with van der Waals surface area (Å²) in [5.41, 5.74) is 0.666. The van der Waals surface area contributed by atoms with E-state index in [1.54, 1.807) is 30.5 Å². The molecule has 1 saturated heterocycles. The van der Waals surface area contributed by atoms with Gasteiger partial charge >= 0.3 is 0 Å². The lowest BCUT2D eigenvalue weighted by molar-refractivity contribution is -0.917. The first-order chi connectivity index (χ1) is 11.5. The van der Waals surface area contributed by atoms with E-state index in [0.717, 1.165) is 13.1 Å². The second-order valence-electron chi connectivity index (χ2n) is 6.49. The van der Waals surface area contributed by atoms with Gasteiger partial charge in [-0.25, -0.2) is 4.21 Å². The maximum Gasteiger partial charge on any atom is 0.142 e. The van der Waals surface area contributed by atoms with E-state index in [0.29, 0.717) is 34.8 Å². The number of hydrogen-bond acceptors (Lipinski definition) is 3. The highest BCUT2D eigenvalue weighted by Gasteiger charge is 2.39. The second kappa shape index (κ2) is 7.11. The summed E-state index contributed by atoms with van der Waals surface area (Å²) in [6.07, 6.45) is 1.68. The van der Waals surface area contributed by atoms with Gasteiger partial charge in [-0.15, -0.1) is 0 Å². The summed E-state index contributed by atoms with van der Waals surface area (Å²) in [4.78, 5) is 4.85. The number of nitrogens with zero attached hydrogens (tertiary/aromatic N) is 2. The lowest BCUT2D eigenvalue weighted by Crippen LogP contribution is -2.55. The number of benzene rings is 1. The van der Waals surface area contributed by atoms with Crippen molar-refractivity contribution in [2.75, 3.05) is 39.9 Å². The van der Waals surface area contributed by atoms with E-state index in [2.05, 4.69) is 12.0 Å². The Morgan fingerprint density at radius 1 is 1.17 bits per heavy atom. The average molecular weight is 348 g/mol. The van der Waals surface area contributed by atoms with Gasteiger partial charge in [0.15, 0.2) is 0 Å². The molecule has 129 valence electrons. The molecule has 0 saturated carbocycles. The zero-order chi connectivity index (χ0) is 17.0. The van der Waals surface area contributed by atoms with Gasteiger partial charge in [0.2, 0.25) is 0 Å². The first-order valence-electron chi connectivity index (χ1n) is 8.14. The summed E-state index contributed by atoms with van der Waals surface area (Å²) in [6, 6.07) is 14.4. The molecule has 1 aliphatic rings. The standard InChI is InChI=1S/C18H24N2O3S/c1-20(11-13-23-14-12-20)15-18(17-9-5-6-10-19-17)24(21,22)16-7-3-2-4-8-16/h2-10,18H,11-15H2,1H3,(H,21,22)/q+1. The highest BCUT2D eigenvalue weighted by Crippen LogP contribution is 2.34. The van der Waals surface area contributed by atoms with Gasteiger partial charge in [0.1, 0.15) is 35.1 Å². The number of morpholine rings is 1. The van der Waals surface area contributed by atoms with Crippen LogP contribution < -0.4 is 0 Å². The van der Waals surface area contributed by atoms with Crippen molar-refractivity contribution in [2.24, 2.45) is 0 Å². The van der Waals surface area contributed by atoms with E-state index < -0.39 is 15.5 Å². The number of aromatic nitrogens is 1. The summed E-state index contributed by atoms with van der Waals surface area (Å²) in [7, 11) is -1.14. The molecule has 0 spiro atoms. The summed E-state index contributed by atoms with van der Waals surface area (Å²) in [5, 5.41) is -0.552. The molecule has 1 N–H and O–H groups in total. The molecule has 2 atom stereocenters. The lowest BCUT2D eigenvalue weighted by atomic mass is 10.2. The maximum atomic E-state index is 13.4. The van der Waals surface area contributed by atoms with E-state index >= 15 is 0 Å². The normalized spacial score (nSPS) is 20.9. The van der Waals surface area contributed by atoms with Crippen molar-refractivity contribution in [2.45, 2.75) is 10.1 Å². The minimum absolute atomic E-state index is 0.459. The van der Waals surface area contributed by atoms with E-state index in [-0.39, 0.29) is 0 Å². The van der Waals surface area contributed by atoms with Gasteiger partial charge in [-0.1, -0.05) is 24.3 Å². The third kappa shape index (κ3) is 3.72. The highest BCUT2D eigenvalue weighted by atomic mass is 32.3. The number of ether oxygens (including phenoxy) is 1. The molecule has 6 heteroatoms. The van der Waals surface area contributed by atoms with Crippen molar-refractivity contribution in [1.82, 2.24) is 4.98 Å². The van der Waals surface area contributed by atoms with Crippen molar-refractivity contribution in [3.63, 3.8) is 0 Å². The minimum atomic E-state index is -3.26. The largest absolute Gasteiger partial charge is 0.370 e. The van der Waals surface area contributed by atoms with Crippen LogP contribution in [0, 0.1) is 0 Å². The van der Waals surface area contributed by atoms with E-state index in [9.17, 15) is 8.76 Å². The van der Waals surface area contributed by atoms with Gasteiger partial charge in [0, 0.05) is 6.20 Å². The Morgan fingerprint density at radius 2 is 1.83 bits per heavy atom. The molecular weight excluding hydrogens is 324 g/mol. The fourth-order valence-electron chi connectivity index (χ4n) is 3.07. The van der Waals surface area contributed by atoms with Crippen LogP contribution in [0.15, 0.2) is 59.6 Å². The number of rotatable bonds is 5. The summed E-state index contributed by atoms with van der Waals surface area (Å²) >= 11 is 0. The van der Waals surface area contributed by atoms with Crippen LogP contribution in [0.4, 0.5) is 0 Å². The van der Waals surface area contributed by atoms with Gasteiger partial charge in [-0.2, -0.15) is 0 Å². The van der Waals surface area contributed by atoms with Gasteiger partial charge in [0.25, 0.3) is 0 Å². The van der Waals surface area contributed by atoms with Gasteiger partial charge in [-0.3, -0.25) is 4.98 Å². The number of pyridine rings is 1. The molecule has 0 amide bonds. The Hall–Kier alpha value is -1.60. The molecule has 3 rings (SSSR count). The van der Waals surface area contributed by atoms with Crippen molar-refractivity contribution in [3.8, 4) is 0 Å². The van der Waals surface area contributed by atoms with Crippen LogP contribution in [0.2, 0.25) is 0 Å². The van der Waals surface area contributed by atoms with Gasteiger partial charge in [-0.05, 0) is 24.3 Å². The minimum Gasteiger partial charge on any atom is -0.370 e. The molecule has 1 aromatic heterocycles. The molecular formula is C18H24N2O3S+.